The Labute approximate surface area is 136 Å². The predicted octanol–water partition coefficient (Wildman–Crippen LogP) is 5.55. The van der Waals surface area contributed by atoms with Crippen molar-refractivity contribution in [3.63, 3.8) is 0 Å². The summed E-state index contributed by atoms with van der Waals surface area (Å²) in [5.74, 6) is 0.0697. The van der Waals surface area contributed by atoms with Gasteiger partial charge < -0.3 is 4.74 Å². The minimum absolute atomic E-state index is 0.206. The minimum Gasteiger partial charge on any atom is -0.497 e. The van der Waals surface area contributed by atoms with E-state index in [2.05, 4.69) is 27.7 Å². The molecule has 0 spiro atoms. The summed E-state index contributed by atoms with van der Waals surface area (Å²) in [5, 5.41) is 0. The van der Waals surface area contributed by atoms with Gasteiger partial charge in [0.15, 0.2) is 0 Å². The van der Waals surface area contributed by atoms with Gasteiger partial charge in [-0.25, -0.2) is 8.78 Å². The van der Waals surface area contributed by atoms with Gasteiger partial charge in [-0.15, -0.1) is 0 Å². The number of benzene rings is 2. The van der Waals surface area contributed by atoms with Gasteiger partial charge in [-0.05, 0) is 46.7 Å². The molecule has 0 atom stereocenters. The highest BCUT2D eigenvalue weighted by molar-refractivity contribution is 5.83. The molecule has 0 aromatic heterocycles. The zero-order valence-corrected chi connectivity index (χ0v) is 14.2. The number of halogens is 2. The van der Waals surface area contributed by atoms with Gasteiger partial charge in [0.2, 0.25) is 0 Å². The molecule has 0 amide bonds. The Kier molecular flexibility index (Phi) is 3.70. The van der Waals surface area contributed by atoms with Crippen molar-refractivity contribution in [2.75, 3.05) is 7.11 Å². The van der Waals surface area contributed by atoms with E-state index in [4.69, 9.17) is 4.74 Å². The van der Waals surface area contributed by atoms with Crippen LogP contribution in [-0.4, -0.2) is 7.11 Å². The van der Waals surface area contributed by atoms with Crippen LogP contribution in [0.3, 0.4) is 0 Å². The van der Waals surface area contributed by atoms with Crippen LogP contribution in [0.2, 0.25) is 0 Å². The molecule has 2 aromatic carbocycles. The average molecular weight is 316 g/mol. The lowest BCUT2D eigenvalue weighted by Gasteiger charge is -2.40. The maximum absolute atomic E-state index is 14.7. The number of hydrogen-bond acceptors (Lipinski definition) is 1. The third kappa shape index (κ3) is 2.02. The van der Waals surface area contributed by atoms with Gasteiger partial charge in [-0.1, -0.05) is 33.8 Å². The summed E-state index contributed by atoms with van der Waals surface area (Å²) in [7, 11) is 1.59. The molecule has 0 bridgehead atoms. The lowest BCUT2D eigenvalue weighted by Crippen LogP contribution is -2.37. The number of fused-ring (bicyclic) bond motifs is 3. The Morgan fingerprint density at radius 1 is 0.913 bits per heavy atom. The van der Waals surface area contributed by atoms with E-state index in [1.807, 2.05) is 18.2 Å². The molecule has 0 saturated carbocycles. The van der Waals surface area contributed by atoms with Gasteiger partial charge >= 0.3 is 0 Å². The highest BCUT2D eigenvalue weighted by atomic mass is 19.1. The summed E-state index contributed by atoms with van der Waals surface area (Å²) in [6.07, 6.45) is 0. The summed E-state index contributed by atoms with van der Waals surface area (Å²) in [5.41, 5.74) is 2.74. The molecule has 0 heterocycles. The normalized spacial score (nSPS) is 15.0. The molecule has 122 valence electrons. The minimum atomic E-state index is -0.522. The van der Waals surface area contributed by atoms with E-state index in [0.29, 0.717) is 11.3 Å². The Morgan fingerprint density at radius 2 is 1.57 bits per heavy atom. The third-order valence-electron chi connectivity index (χ3n) is 5.26. The van der Waals surface area contributed by atoms with Gasteiger partial charge in [0.05, 0.1) is 7.11 Å². The van der Waals surface area contributed by atoms with Crippen LogP contribution in [0.25, 0.3) is 11.1 Å². The molecule has 0 aliphatic heterocycles. The Balaban J connectivity index is 2.46. The van der Waals surface area contributed by atoms with Gasteiger partial charge in [0.25, 0.3) is 0 Å². The molecular formula is C20H22F2O. The number of rotatable bonds is 3. The monoisotopic (exact) mass is 316 g/mol. The quantitative estimate of drug-likeness (QED) is 0.721. The standard InChI is InChI=1S/C20H22F2O/c1-11(2)20(12(3)4)16-7-6-14(23-5)10-15(16)19-17(20)8-13(21)9-18(19)22/h6-12H,1-5H3. The van der Waals surface area contributed by atoms with E-state index in [0.717, 1.165) is 22.8 Å². The van der Waals surface area contributed by atoms with Crippen LogP contribution in [0.4, 0.5) is 8.78 Å². The van der Waals surface area contributed by atoms with Crippen molar-refractivity contribution in [3.8, 4) is 16.9 Å². The van der Waals surface area contributed by atoms with Crippen LogP contribution in [0, 0.1) is 23.5 Å². The Morgan fingerprint density at radius 3 is 2.13 bits per heavy atom. The maximum Gasteiger partial charge on any atom is 0.134 e. The SMILES string of the molecule is COc1ccc2c(c1)-c1c(F)cc(F)cc1C2(C(C)C)C(C)C. The second kappa shape index (κ2) is 5.33. The molecule has 1 nitrogen and oxygen atoms in total. The molecular weight excluding hydrogens is 294 g/mol. The number of ether oxygens (including phenoxy) is 1. The summed E-state index contributed by atoms with van der Waals surface area (Å²) >= 11 is 0. The van der Waals surface area contributed by atoms with Crippen LogP contribution in [-0.2, 0) is 5.41 Å². The molecule has 1 aliphatic carbocycles. The Hall–Kier alpha value is -1.90. The van der Waals surface area contributed by atoms with Crippen molar-refractivity contribution in [2.24, 2.45) is 11.8 Å². The van der Waals surface area contributed by atoms with E-state index in [1.54, 1.807) is 7.11 Å². The molecule has 0 saturated heterocycles. The largest absolute Gasteiger partial charge is 0.497 e. The summed E-state index contributed by atoms with van der Waals surface area (Å²) in [4.78, 5) is 0. The highest BCUT2D eigenvalue weighted by Gasteiger charge is 2.49. The summed E-state index contributed by atoms with van der Waals surface area (Å²) in [6.45, 7) is 8.47. The molecule has 23 heavy (non-hydrogen) atoms. The van der Waals surface area contributed by atoms with Crippen molar-refractivity contribution < 1.29 is 13.5 Å². The van der Waals surface area contributed by atoms with Crippen LogP contribution in [0.1, 0.15) is 38.8 Å². The fourth-order valence-electron chi connectivity index (χ4n) is 4.45. The zero-order chi connectivity index (χ0) is 16.9. The van der Waals surface area contributed by atoms with Gasteiger partial charge in [-0.3, -0.25) is 0 Å². The zero-order valence-electron chi connectivity index (χ0n) is 14.2. The van der Waals surface area contributed by atoms with Crippen molar-refractivity contribution >= 4 is 0 Å². The van der Waals surface area contributed by atoms with Crippen LogP contribution in [0.5, 0.6) is 5.75 Å². The van der Waals surface area contributed by atoms with Crippen molar-refractivity contribution in [1.29, 1.82) is 0 Å². The van der Waals surface area contributed by atoms with E-state index in [-0.39, 0.29) is 11.8 Å². The lowest BCUT2D eigenvalue weighted by atomic mass is 9.63. The van der Waals surface area contributed by atoms with Gasteiger partial charge in [0, 0.05) is 17.0 Å². The lowest BCUT2D eigenvalue weighted by molar-refractivity contribution is 0.279. The second-order valence-electron chi connectivity index (χ2n) is 6.90. The maximum atomic E-state index is 14.7. The van der Waals surface area contributed by atoms with Crippen LogP contribution in [0.15, 0.2) is 30.3 Å². The average Bonchev–Trinajstić information content (AvgIpc) is 2.77. The first-order valence-electron chi connectivity index (χ1n) is 8.02. The number of methoxy groups -OCH3 is 1. The van der Waals surface area contributed by atoms with E-state index >= 15 is 0 Å². The van der Waals surface area contributed by atoms with E-state index in [9.17, 15) is 8.78 Å². The first kappa shape index (κ1) is 16.0. The molecule has 1 aliphatic rings. The third-order valence-corrected chi connectivity index (χ3v) is 5.26. The second-order valence-corrected chi connectivity index (χ2v) is 6.90. The highest BCUT2D eigenvalue weighted by Crippen LogP contribution is 2.57. The van der Waals surface area contributed by atoms with Gasteiger partial charge in [-0.2, -0.15) is 0 Å². The first-order valence-corrected chi connectivity index (χ1v) is 8.02. The first-order chi connectivity index (χ1) is 10.8. The fourth-order valence-corrected chi connectivity index (χ4v) is 4.45. The molecule has 3 heteroatoms. The molecule has 2 aromatic rings. The topological polar surface area (TPSA) is 9.23 Å². The van der Waals surface area contributed by atoms with Crippen LogP contribution < -0.4 is 4.74 Å². The molecule has 0 N–H and O–H groups in total. The molecule has 0 radical (unpaired) electrons. The smallest absolute Gasteiger partial charge is 0.134 e. The molecule has 0 fully saturated rings. The molecule has 3 rings (SSSR count). The molecule has 0 unspecified atom stereocenters. The fraction of sp³-hybridized carbons (Fsp3) is 0.400. The van der Waals surface area contributed by atoms with Crippen molar-refractivity contribution in [3.05, 3.63) is 53.1 Å². The van der Waals surface area contributed by atoms with Crippen molar-refractivity contribution in [2.45, 2.75) is 33.1 Å². The predicted molar refractivity (Wildman–Crippen MR) is 88.8 cm³/mol. The summed E-state index contributed by atoms with van der Waals surface area (Å²) in [6, 6.07) is 8.25. The van der Waals surface area contributed by atoms with E-state index in [1.165, 1.54) is 6.07 Å². The van der Waals surface area contributed by atoms with Gasteiger partial charge in [0.1, 0.15) is 17.4 Å². The summed E-state index contributed by atoms with van der Waals surface area (Å²) < 4.78 is 34.0. The Bertz CT molecular complexity index is 754. The number of hydrogen-bond donors (Lipinski definition) is 0. The van der Waals surface area contributed by atoms with Crippen molar-refractivity contribution in [1.82, 2.24) is 0 Å². The van der Waals surface area contributed by atoms with Crippen LogP contribution >= 0.6 is 0 Å². The van der Waals surface area contributed by atoms with E-state index < -0.39 is 17.0 Å².